The molecule has 0 fully saturated rings. The van der Waals surface area contributed by atoms with E-state index < -0.39 is 0 Å². The summed E-state index contributed by atoms with van der Waals surface area (Å²) in [6.45, 7) is 9.84. The zero-order chi connectivity index (χ0) is 12.8. The van der Waals surface area contributed by atoms with Crippen molar-refractivity contribution in [1.29, 1.82) is 0 Å². The molecule has 0 amide bonds. The first-order valence-corrected chi connectivity index (χ1v) is 6.42. The van der Waals surface area contributed by atoms with Crippen LogP contribution in [-0.2, 0) is 0 Å². The lowest BCUT2D eigenvalue weighted by Gasteiger charge is -2.32. The summed E-state index contributed by atoms with van der Waals surface area (Å²) in [5, 5.41) is 0. The van der Waals surface area contributed by atoms with Crippen LogP contribution in [0.25, 0.3) is 0 Å². The smallest absolute Gasteiger partial charge is 0.149 e. The first-order valence-electron chi connectivity index (χ1n) is 6.42. The van der Waals surface area contributed by atoms with Crippen LogP contribution in [0.3, 0.4) is 0 Å². The summed E-state index contributed by atoms with van der Waals surface area (Å²) in [6.07, 6.45) is 5.61. The van der Waals surface area contributed by atoms with Crippen LogP contribution in [0.2, 0.25) is 0 Å². The molecular weight excluding hydrogens is 212 g/mol. The SMILES string of the molecule is CCC(CC)N(CC(C)C)c1cncc(N)n1. The van der Waals surface area contributed by atoms with Gasteiger partial charge in [0.2, 0.25) is 0 Å². The van der Waals surface area contributed by atoms with E-state index in [1.807, 2.05) is 0 Å². The Balaban J connectivity index is 2.96. The summed E-state index contributed by atoms with van der Waals surface area (Å²) >= 11 is 0. The van der Waals surface area contributed by atoms with E-state index in [2.05, 4.69) is 42.6 Å². The van der Waals surface area contributed by atoms with Gasteiger partial charge in [0, 0.05) is 12.6 Å². The van der Waals surface area contributed by atoms with Gasteiger partial charge in [-0.25, -0.2) is 4.98 Å². The highest BCUT2D eigenvalue weighted by Crippen LogP contribution is 2.19. The number of hydrogen-bond donors (Lipinski definition) is 1. The van der Waals surface area contributed by atoms with Gasteiger partial charge in [-0.05, 0) is 18.8 Å². The fourth-order valence-electron chi connectivity index (χ4n) is 2.06. The second-order valence-electron chi connectivity index (χ2n) is 4.82. The molecule has 1 aromatic rings. The number of nitrogens with zero attached hydrogens (tertiary/aromatic N) is 3. The standard InChI is InChI=1S/C13H24N4/c1-5-11(6-2)17(9-10(3)4)13-8-15-7-12(14)16-13/h7-8,10-11H,5-6,9H2,1-4H3,(H2,14,16). The van der Waals surface area contributed by atoms with Crippen molar-refractivity contribution in [1.82, 2.24) is 9.97 Å². The van der Waals surface area contributed by atoms with Crippen molar-refractivity contribution in [2.45, 2.75) is 46.6 Å². The van der Waals surface area contributed by atoms with E-state index in [0.717, 1.165) is 25.2 Å². The maximum Gasteiger partial charge on any atom is 0.149 e. The Morgan fingerprint density at radius 2 is 1.88 bits per heavy atom. The maximum atomic E-state index is 5.71. The van der Waals surface area contributed by atoms with Gasteiger partial charge in [0.25, 0.3) is 0 Å². The third-order valence-electron chi connectivity index (χ3n) is 2.88. The van der Waals surface area contributed by atoms with Crippen LogP contribution in [0.5, 0.6) is 0 Å². The molecule has 0 saturated heterocycles. The third kappa shape index (κ3) is 3.88. The molecule has 0 aliphatic carbocycles. The molecule has 0 aliphatic heterocycles. The van der Waals surface area contributed by atoms with Gasteiger partial charge in [-0.15, -0.1) is 0 Å². The Morgan fingerprint density at radius 3 is 2.35 bits per heavy atom. The number of anilines is 2. The minimum atomic E-state index is 0.488. The van der Waals surface area contributed by atoms with Crippen LogP contribution < -0.4 is 10.6 Å². The lowest BCUT2D eigenvalue weighted by molar-refractivity contribution is 0.503. The molecule has 1 heterocycles. The maximum absolute atomic E-state index is 5.71. The number of nitrogen functional groups attached to an aromatic ring is 1. The Bertz CT molecular complexity index is 334. The number of aromatic nitrogens is 2. The van der Waals surface area contributed by atoms with Gasteiger partial charge in [-0.3, -0.25) is 4.98 Å². The highest BCUT2D eigenvalue weighted by molar-refractivity contribution is 5.42. The number of nitrogens with two attached hydrogens (primary N) is 1. The fourth-order valence-corrected chi connectivity index (χ4v) is 2.06. The molecule has 2 N–H and O–H groups in total. The van der Waals surface area contributed by atoms with E-state index in [4.69, 9.17) is 5.73 Å². The fraction of sp³-hybridized carbons (Fsp3) is 0.692. The molecule has 0 saturated carbocycles. The molecule has 96 valence electrons. The minimum absolute atomic E-state index is 0.488. The van der Waals surface area contributed by atoms with E-state index >= 15 is 0 Å². The van der Waals surface area contributed by atoms with E-state index in [0.29, 0.717) is 17.8 Å². The lowest BCUT2D eigenvalue weighted by atomic mass is 10.1. The Morgan fingerprint density at radius 1 is 1.24 bits per heavy atom. The molecule has 0 bridgehead atoms. The molecule has 17 heavy (non-hydrogen) atoms. The molecule has 0 aromatic carbocycles. The lowest BCUT2D eigenvalue weighted by Crippen LogP contribution is -2.38. The van der Waals surface area contributed by atoms with Crippen LogP contribution in [0.4, 0.5) is 11.6 Å². The molecule has 4 heteroatoms. The molecule has 0 radical (unpaired) electrons. The van der Waals surface area contributed by atoms with Crippen molar-refractivity contribution < 1.29 is 0 Å². The second kappa shape index (κ2) is 6.42. The number of rotatable bonds is 6. The van der Waals surface area contributed by atoms with Crippen LogP contribution in [-0.4, -0.2) is 22.6 Å². The minimum Gasteiger partial charge on any atom is -0.382 e. The van der Waals surface area contributed by atoms with Gasteiger partial charge >= 0.3 is 0 Å². The Hall–Kier alpha value is -1.32. The largest absolute Gasteiger partial charge is 0.382 e. The first-order chi connectivity index (χ1) is 8.08. The van der Waals surface area contributed by atoms with Crippen LogP contribution in [0.1, 0.15) is 40.5 Å². The molecule has 0 spiro atoms. The van der Waals surface area contributed by atoms with Gasteiger partial charge < -0.3 is 10.6 Å². The third-order valence-corrected chi connectivity index (χ3v) is 2.88. The van der Waals surface area contributed by atoms with Crippen molar-refractivity contribution in [2.75, 3.05) is 17.2 Å². The van der Waals surface area contributed by atoms with Crippen molar-refractivity contribution in [2.24, 2.45) is 5.92 Å². The van der Waals surface area contributed by atoms with Gasteiger partial charge in [0.05, 0.1) is 12.4 Å². The van der Waals surface area contributed by atoms with Gasteiger partial charge in [-0.2, -0.15) is 0 Å². The molecule has 0 unspecified atom stereocenters. The zero-order valence-electron chi connectivity index (χ0n) is 11.3. The van der Waals surface area contributed by atoms with Crippen LogP contribution in [0, 0.1) is 5.92 Å². The van der Waals surface area contributed by atoms with Crippen molar-refractivity contribution in [3.8, 4) is 0 Å². The van der Waals surface area contributed by atoms with Gasteiger partial charge in [0.1, 0.15) is 11.6 Å². The Kier molecular flexibility index (Phi) is 5.19. The molecule has 0 atom stereocenters. The summed E-state index contributed by atoms with van der Waals surface area (Å²) in [5.41, 5.74) is 5.71. The van der Waals surface area contributed by atoms with Crippen molar-refractivity contribution in [3.05, 3.63) is 12.4 Å². The summed E-state index contributed by atoms with van der Waals surface area (Å²) < 4.78 is 0. The molecular formula is C13H24N4. The monoisotopic (exact) mass is 236 g/mol. The topological polar surface area (TPSA) is 55.0 Å². The van der Waals surface area contributed by atoms with Gasteiger partial charge in [0.15, 0.2) is 0 Å². The molecule has 1 aromatic heterocycles. The predicted molar refractivity (Wildman–Crippen MR) is 73.0 cm³/mol. The van der Waals surface area contributed by atoms with E-state index in [-0.39, 0.29) is 0 Å². The average molecular weight is 236 g/mol. The van der Waals surface area contributed by atoms with Crippen molar-refractivity contribution in [3.63, 3.8) is 0 Å². The molecule has 1 rings (SSSR count). The predicted octanol–water partition coefficient (Wildman–Crippen LogP) is 2.71. The summed E-state index contributed by atoms with van der Waals surface area (Å²) in [4.78, 5) is 10.8. The van der Waals surface area contributed by atoms with E-state index in [9.17, 15) is 0 Å². The van der Waals surface area contributed by atoms with Gasteiger partial charge in [-0.1, -0.05) is 27.7 Å². The van der Waals surface area contributed by atoms with Crippen molar-refractivity contribution >= 4 is 11.6 Å². The quantitative estimate of drug-likeness (QED) is 0.825. The summed E-state index contributed by atoms with van der Waals surface area (Å²) in [7, 11) is 0. The molecule has 4 nitrogen and oxygen atoms in total. The first kappa shape index (κ1) is 13.7. The summed E-state index contributed by atoms with van der Waals surface area (Å²) in [6, 6.07) is 0.508. The second-order valence-corrected chi connectivity index (χ2v) is 4.82. The molecule has 0 aliphatic rings. The Labute approximate surface area is 104 Å². The zero-order valence-corrected chi connectivity index (χ0v) is 11.3. The normalized spacial score (nSPS) is 11.2. The highest BCUT2D eigenvalue weighted by Gasteiger charge is 2.18. The highest BCUT2D eigenvalue weighted by atomic mass is 15.2. The number of hydrogen-bond acceptors (Lipinski definition) is 4. The average Bonchev–Trinajstić information content (AvgIpc) is 2.29. The van der Waals surface area contributed by atoms with E-state index in [1.54, 1.807) is 12.4 Å². The summed E-state index contributed by atoms with van der Waals surface area (Å²) in [5.74, 6) is 1.98. The van der Waals surface area contributed by atoms with E-state index in [1.165, 1.54) is 0 Å². The van der Waals surface area contributed by atoms with Crippen LogP contribution in [0.15, 0.2) is 12.4 Å². The van der Waals surface area contributed by atoms with Crippen LogP contribution >= 0.6 is 0 Å².